The molecule has 0 aliphatic carbocycles. The van der Waals surface area contributed by atoms with Crippen molar-refractivity contribution in [2.45, 2.75) is 19.8 Å². The van der Waals surface area contributed by atoms with E-state index in [9.17, 15) is 4.79 Å². The normalized spacial score (nSPS) is 11.1. The highest BCUT2D eigenvalue weighted by Gasteiger charge is 2.15. The highest BCUT2D eigenvalue weighted by Crippen LogP contribution is 2.24. The first-order valence-electron chi connectivity index (χ1n) is 9.57. The molecule has 5 rings (SSSR count). The van der Waals surface area contributed by atoms with Crippen LogP contribution in [0.1, 0.15) is 27.8 Å². The van der Waals surface area contributed by atoms with Crippen molar-refractivity contribution in [3.63, 3.8) is 0 Å². The molecule has 2 N–H and O–H groups in total. The lowest BCUT2D eigenvalue weighted by Crippen LogP contribution is -2.15. The van der Waals surface area contributed by atoms with E-state index in [1.165, 1.54) is 0 Å². The number of amides is 1. The number of benzene rings is 1. The summed E-state index contributed by atoms with van der Waals surface area (Å²) in [5.74, 6) is 1.23. The molecule has 0 saturated carbocycles. The summed E-state index contributed by atoms with van der Waals surface area (Å²) in [5.41, 5.74) is 3.45. The number of carbonyl (C=O) groups excluding carboxylic acids is 1. The topological polar surface area (TPSA) is 140 Å². The molecular formula is C20H17N9O2. The molecule has 31 heavy (non-hydrogen) atoms. The van der Waals surface area contributed by atoms with Crippen molar-refractivity contribution in [1.82, 2.24) is 40.1 Å². The Morgan fingerprint density at radius 1 is 1.23 bits per heavy atom. The molecule has 0 fully saturated rings. The van der Waals surface area contributed by atoms with Gasteiger partial charge in [0.2, 0.25) is 11.7 Å². The molecule has 0 atom stereocenters. The maximum atomic E-state index is 12.8. The third-order valence-electron chi connectivity index (χ3n) is 4.81. The predicted molar refractivity (Wildman–Crippen MR) is 109 cm³/mol. The maximum absolute atomic E-state index is 12.8. The number of aryl methyl sites for hydroxylation is 3. The van der Waals surface area contributed by atoms with Crippen LogP contribution in [0.3, 0.4) is 0 Å². The first kappa shape index (κ1) is 18.6. The number of rotatable bonds is 6. The third kappa shape index (κ3) is 3.75. The number of carbonyl (C=O) groups is 1. The number of imidazole rings is 1. The number of fused-ring (bicyclic) bond motifs is 1. The summed E-state index contributed by atoms with van der Waals surface area (Å²) < 4.78 is 7.07. The highest BCUT2D eigenvalue weighted by molar-refractivity contribution is 6.04. The number of H-pyrrole nitrogens is 1. The van der Waals surface area contributed by atoms with Gasteiger partial charge in [-0.2, -0.15) is 10.2 Å². The van der Waals surface area contributed by atoms with Gasteiger partial charge in [0.15, 0.2) is 5.82 Å². The van der Waals surface area contributed by atoms with Crippen LogP contribution in [0.5, 0.6) is 0 Å². The Bertz CT molecular complexity index is 1350. The van der Waals surface area contributed by atoms with Crippen molar-refractivity contribution >= 4 is 17.2 Å². The first-order chi connectivity index (χ1) is 15.2. The summed E-state index contributed by atoms with van der Waals surface area (Å²) in [6, 6.07) is 11.2. The first-order valence-corrected chi connectivity index (χ1v) is 9.57. The summed E-state index contributed by atoms with van der Waals surface area (Å²) in [6.07, 6.45) is 4.39. The number of anilines is 1. The van der Waals surface area contributed by atoms with Crippen molar-refractivity contribution in [2.24, 2.45) is 0 Å². The molecule has 5 aromatic rings. The molecule has 0 unspecified atom stereocenters. The number of pyridine rings is 1. The summed E-state index contributed by atoms with van der Waals surface area (Å²) in [7, 11) is 0. The van der Waals surface area contributed by atoms with E-state index in [4.69, 9.17) is 4.52 Å². The van der Waals surface area contributed by atoms with Gasteiger partial charge in [-0.05, 0) is 30.7 Å². The molecule has 4 aromatic heterocycles. The van der Waals surface area contributed by atoms with Crippen LogP contribution in [0.4, 0.5) is 5.69 Å². The number of tetrazole rings is 1. The molecule has 0 bridgehead atoms. The van der Waals surface area contributed by atoms with Gasteiger partial charge < -0.3 is 9.84 Å². The fraction of sp³-hybridized carbons (Fsp3) is 0.150. The Balaban J connectivity index is 1.35. The van der Waals surface area contributed by atoms with Gasteiger partial charge in [0.25, 0.3) is 5.91 Å². The van der Waals surface area contributed by atoms with Gasteiger partial charge in [-0.15, -0.1) is 10.2 Å². The van der Waals surface area contributed by atoms with E-state index in [0.717, 1.165) is 11.1 Å². The Labute approximate surface area is 175 Å². The second kappa shape index (κ2) is 7.78. The second-order valence-corrected chi connectivity index (χ2v) is 6.90. The van der Waals surface area contributed by atoms with Gasteiger partial charge in [0.05, 0.1) is 6.20 Å². The molecule has 0 aliphatic heterocycles. The molecule has 154 valence electrons. The molecule has 11 heteroatoms. The molecule has 0 radical (unpaired) electrons. The standard InChI is InChI=1S/C20H17N9O2/c1-12-5-6-13(19-23-18(31-26-19)8-7-16-24-27-28-25-16)10-14(12)22-20(30)15-11-21-17-4-2-3-9-29(15)17/h2-6,9-11H,7-8H2,1H3,(H,22,30)(H,24,25,27,28). The molecule has 1 amide bonds. The Morgan fingerprint density at radius 3 is 3.03 bits per heavy atom. The van der Waals surface area contributed by atoms with E-state index in [2.05, 4.69) is 41.1 Å². The van der Waals surface area contributed by atoms with Crippen LogP contribution in [-0.4, -0.2) is 46.1 Å². The van der Waals surface area contributed by atoms with Gasteiger partial charge in [-0.1, -0.05) is 28.6 Å². The molecule has 4 heterocycles. The quantitative estimate of drug-likeness (QED) is 0.430. The van der Waals surface area contributed by atoms with Crippen molar-refractivity contribution in [1.29, 1.82) is 0 Å². The Morgan fingerprint density at radius 2 is 2.16 bits per heavy atom. The zero-order valence-electron chi connectivity index (χ0n) is 16.5. The molecule has 0 saturated heterocycles. The van der Waals surface area contributed by atoms with Crippen molar-refractivity contribution < 1.29 is 9.32 Å². The lowest BCUT2D eigenvalue weighted by Gasteiger charge is -2.09. The van der Waals surface area contributed by atoms with Gasteiger partial charge >= 0.3 is 0 Å². The van der Waals surface area contributed by atoms with Crippen LogP contribution in [0, 0.1) is 6.92 Å². The minimum absolute atomic E-state index is 0.257. The second-order valence-electron chi connectivity index (χ2n) is 6.90. The van der Waals surface area contributed by atoms with Gasteiger partial charge in [0.1, 0.15) is 11.3 Å². The van der Waals surface area contributed by atoms with Crippen LogP contribution in [0.15, 0.2) is 53.3 Å². The largest absolute Gasteiger partial charge is 0.339 e. The number of aromatic amines is 1. The summed E-state index contributed by atoms with van der Waals surface area (Å²) in [5, 5.41) is 20.7. The number of nitrogens with one attached hydrogen (secondary N) is 2. The smallest absolute Gasteiger partial charge is 0.274 e. The third-order valence-corrected chi connectivity index (χ3v) is 4.81. The van der Waals surface area contributed by atoms with Crippen molar-refractivity contribution in [3.05, 3.63) is 71.8 Å². The van der Waals surface area contributed by atoms with Gasteiger partial charge in [-0.3, -0.25) is 9.20 Å². The Hall–Kier alpha value is -4.41. The van der Waals surface area contributed by atoms with Gasteiger partial charge in [0, 0.05) is 30.3 Å². The fourth-order valence-corrected chi connectivity index (χ4v) is 3.16. The molecule has 1 aromatic carbocycles. The van der Waals surface area contributed by atoms with Crippen LogP contribution < -0.4 is 5.32 Å². The van der Waals surface area contributed by atoms with Crippen molar-refractivity contribution in [3.8, 4) is 11.4 Å². The summed E-state index contributed by atoms with van der Waals surface area (Å²) in [6.45, 7) is 1.92. The molecule has 0 aliphatic rings. The highest BCUT2D eigenvalue weighted by atomic mass is 16.5. The lowest BCUT2D eigenvalue weighted by atomic mass is 10.1. The van der Waals surface area contributed by atoms with E-state index in [0.29, 0.717) is 47.4 Å². The predicted octanol–water partition coefficient (Wildman–Crippen LogP) is 2.24. The summed E-state index contributed by atoms with van der Waals surface area (Å²) in [4.78, 5) is 21.5. The lowest BCUT2D eigenvalue weighted by molar-refractivity contribution is 0.102. The SMILES string of the molecule is Cc1ccc(-c2noc(CCc3nn[nH]n3)n2)cc1NC(=O)c1cnc2ccccn12. The van der Waals surface area contributed by atoms with Gasteiger partial charge in [-0.25, -0.2) is 4.98 Å². The van der Waals surface area contributed by atoms with E-state index >= 15 is 0 Å². The zero-order chi connectivity index (χ0) is 21.2. The molecule has 11 nitrogen and oxygen atoms in total. The van der Waals surface area contributed by atoms with E-state index in [1.807, 2.05) is 43.3 Å². The summed E-state index contributed by atoms with van der Waals surface area (Å²) >= 11 is 0. The van der Waals surface area contributed by atoms with Crippen molar-refractivity contribution in [2.75, 3.05) is 5.32 Å². The zero-order valence-corrected chi connectivity index (χ0v) is 16.5. The number of hydrogen-bond acceptors (Lipinski definition) is 8. The number of aromatic nitrogens is 8. The van der Waals surface area contributed by atoms with E-state index in [-0.39, 0.29) is 5.91 Å². The minimum atomic E-state index is -0.257. The monoisotopic (exact) mass is 415 g/mol. The fourth-order valence-electron chi connectivity index (χ4n) is 3.16. The van der Waals surface area contributed by atoms with Crippen LogP contribution in [-0.2, 0) is 12.8 Å². The van der Waals surface area contributed by atoms with Crippen LogP contribution >= 0.6 is 0 Å². The maximum Gasteiger partial charge on any atom is 0.274 e. The van der Waals surface area contributed by atoms with Crippen LogP contribution in [0.2, 0.25) is 0 Å². The molecule has 0 spiro atoms. The average Bonchev–Trinajstić information content (AvgIpc) is 3.54. The number of nitrogens with zero attached hydrogens (tertiary/aromatic N) is 7. The van der Waals surface area contributed by atoms with E-state index in [1.54, 1.807) is 16.8 Å². The Kier molecular flexibility index (Phi) is 4.67. The number of hydrogen-bond donors (Lipinski definition) is 2. The van der Waals surface area contributed by atoms with E-state index < -0.39 is 0 Å². The minimum Gasteiger partial charge on any atom is -0.339 e. The molecular weight excluding hydrogens is 398 g/mol. The average molecular weight is 415 g/mol. The van der Waals surface area contributed by atoms with Crippen LogP contribution in [0.25, 0.3) is 17.0 Å².